The Bertz CT molecular complexity index is 1130. The van der Waals surface area contributed by atoms with Crippen molar-refractivity contribution in [2.24, 2.45) is 0 Å². The van der Waals surface area contributed by atoms with Gasteiger partial charge in [0, 0.05) is 11.6 Å². The molecule has 3 aromatic rings. The van der Waals surface area contributed by atoms with E-state index in [1.54, 1.807) is 38.5 Å². The molecule has 1 aliphatic heterocycles. The summed E-state index contributed by atoms with van der Waals surface area (Å²) >= 11 is 0.942. The van der Waals surface area contributed by atoms with Crippen LogP contribution in [0.3, 0.4) is 0 Å². The molecule has 3 aromatic carbocycles. The first-order chi connectivity index (χ1) is 14.1. The van der Waals surface area contributed by atoms with Gasteiger partial charge in [-0.05, 0) is 46.3 Å². The normalized spacial score (nSPS) is 15.4. The molecular weight excluding hydrogens is 386 g/mol. The van der Waals surface area contributed by atoms with Gasteiger partial charge < -0.3 is 9.47 Å². The van der Waals surface area contributed by atoms with Gasteiger partial charge in [-0.15, -0.1) is 0 Å². The number of hydrogen-bond acceptors (Lipinski definition) is 5. The van der Waals surface area contributed by atoms with Gasteiger partial charge in [-0.1, -0.05) is 42.5 Å². The lowest BCUT2D eigenvalue weighted by atomic mass is 10.0. The average Bonchev–Trinajstić information content (AvgIpc) is 3.01. The first-order valence-corrected chi connectivity index (χ1v) is 9.86. The van der Waals surface area contributed by atoms with Crippen LogP contribution in [0.25, 0.3) is 16.8 Å². The summed E-state index contributed by atoms with van der Waals surface area (Å²) in [5, 5.41) is 1.84. The van der Waals surface area contributed by atoms with Crippen LogP contribution in [0.15, 0.2) is 65.6 Å². The predicted octanol–water partition coefficient (Wildman–Crippen LogP) is 5.09. The Morgan fingerprint density at radius 3 is 2.55 bits per heavy atom. The van der Waals surface area contributed by atoms with Crippen molar-refractivity contribution in [1.29, 1.82) is 0 Å². The zero-order valence-corrected chi connectivity index (χ0v) is 16.9. The Morgan fingerprint density at radius 2 is 1.76 bits per heavy atom. The van der Waals surface area contributed by atoms with Crippen LogP contribution >= 0.6 is 11.8 Å². The molecule has 5 nitrogen and oxygen atoms in total. The van der Waals surface area contributed by atoms with E-state index < -0.39 is 0 Å². The van der Waals surface area contributed by atoms with Crippen LogP contribution in [-0.4, -0.2) is 30.3 Å². The van der Waals surface area contributed by atoms with Crippen molar-refractivity contribution in [3.8, 4) is 11.5 Å². The van der Waals surface area contributed by atoms with E-state index in [0.29, 0.717) is 22.0 Å². The number of amides is 2. The topological polar surface area (TPSA) is 55.8 Å². The van der Waals surface area contributed by atoms with E-state index in [-0.39, 0.29) is 17.7 Å². The molecule has 0 unspecified atom stereocenters. The summed E-state index contributed by atoms with van der Waals surface area (Å²) in [5.41, 5.74) is 1.65. The first kappa shape index (κ1) is 19.1. The second-order valence-corrected chi connectivity index (χ2v) is 7.51. The SMILES string of the molecule is COc1ccc(/C=C2/SC(=O)N(Cc3cccc4ccccc34)C2=O)c(OC)c1. The molecule has 6 heteroatoms. The lowest BCUT2D eigenvalue weighted by molar-refractivity contribution is -0.123. The Kier molecular flexibility index (Phi) is 5.27. The number of carbonyl (C=O) groups excluding carboxylic acids is 2. The van der Waals surface area contributed by atoms with Crippen LogP contribution in [0.2, 0.25) is 0 Å². The third kappa shape index (κ3) is 3.71. The van der Waals surface area contributed by atoms with Gasteiger partial charge in [-0.2, -0.15) is 0 Å². The Morgan fingerprint density at radius 1 is 0.966 bits per heavy atom. The molecule has 0 aromatic heterocycles. The number of imide groups is 1. The van der Waals surface area contributed by atoms with Crippen molar-refractivity contribution >= 4 is 39.8 Å². The highest BCUT2D eigenvalue weighted by molar-refractivity contribution is 8.18. The van der Waals surface area contributed by atoms with Gasteiger partial charge in [0.2, 0.25) is 0 Å². The van der Waals surface area contributed by atoms with Crippen molar-refractivity contribution in [3.05, 3.63) is 76.7 Å². The molecule has 1 aliphatic rings. The minimum Gasteiger partial charge on any atom is -0.497 e. The molecule has 0 N–H and O–H groups in total. The zero-order valence-electron chi connectivity index (χ0n) is 16.0. The smallest absolute Gasteiger partial charge is 0.293 e. The molecule has 1 fully saturated rings. The molecule has 0 aliphatic carbocycles. The maximum atomic E-state index is 12.9. The van der Waals surface area contributed by atoms with Crippen molar-refractivity contribution in [2.75, 3.05) is 14.2 Å². The third-order valence-corrected chi connectivity index (χ3v) is 5.72. The van der Waals surface area contributed by atoms with Crippen LogP contribution in [0, 0.1) is 0 Å². The second kappa shape index (κ2) is 8.01. The molecule has 0 bridgehead atoms. The number of nitrogens with zero attached hydrogens (tertiary/aromatic N) is 1. The number of methoxy groups -OCH3 is 2. The summed E-state index contributed by atoms with van der Waals surface area (Å²) < 4.78 is 10.6. The van der Waals surface area contributed by atoms with Crippen LogP contribution in [0.5, 0.6) is 11.5 Å². The maximum absolute atomic E-state index is 12.9. The first-order valence-electron chi connectivity index (χ1n) is 9.04. The van der Waals surface area contributed by atoms with Gasteiger partial charge in [0.25, 0.3) is 11.1 Å². The summed E-state index contributed by atoms with van der Waals surface area (Å²) in [6.07, 6.45) is 1.69. The average molecular weight is 405 g/mol. The molecular formula is C23H19NO4S. The lowest BCUT2D eigenvalue weighted by Gasteiger charge is -2.14. The van der Waals surface area contributed by atoms with Gasteiger partial charge in [0.15, 0.2) is 0 Å². The molecule has 0 spiro atoms. The molecule has 2 amide bonds. The van der Waals surface area contributed by atoms with Crippen LogP contribution in [0.4, 0.5) is 4.79 Å². The summed E-state index contributed by atoms with van der Waals surface area (Å²) in [7, 11) is 3.13. The number of benzene rings is 3. The highest BCUT2D eigenvalue weighted by Crippen LogP contribution is 2.36. The van der Waals surface area contributed by atoms with Gasteiger partial charge in [0.05, 0.1) is 25.7 Å². The molecule has 0 saturated carbocycles. The quantitative estimate of drug-likeness (QED) is 0.553. The number of thioether (sulfide) groups is 1. The highest BCUT2D eigenvalue weighted by Gasteiger charge is 2.35. The molecule has 1 heterocycles. The van der Waals surface area contributed by atoms with Crippen molar-refractivity contribution in [2.45, 2.75) is 6.54 Å². The Labute approximate surface area is 172 Å². The summed E-state index contributed by atoms with van der Waals surface area (Å²) in [6, 6.07) is 19.2. The van der Waals surface area contributed by atoms with Crippen molar-refractivity contribution in [1.82, 2.24) is 4.90 Å². The van der Waals surface area contributed by atoms with Gasteiger partial charge in [0.1, 0.15) is 11.5 Å². The molecule has 0 atom stereocenters. The van der Waals surface area contributed by atoms with E-state index in [9.17, 15) is 9.59 Å². The fourth-order valence-corrected chi connectivity index (χ4v) is 4.15. The molecule has 0 radical (unpaired) electrons. The second-order valence-electron chi connectivity index (χ2n) is 6.51. The maximum Gasteiger partial charge on any atom is 0.293 e. The Balaban J connectivity index is 1.63. The van der Waals surface area contributed by atoms with E-state index in [0.717, 1.165) is 28.1 Å². The van der Waals surface area contributed by atoms with E-state index in [2.05, 4.69) is 0 Å². The highest BCUT2D eigenvalue weighted by atomic mass is 32.2. The van der Waals surface area contributed by atoms with E-state index >= 15 is 0 Å². The summed E-state index contributed by atoms with van der Waals surface area (Å²) in [5.74, 6) is 0.930. The number of rotatable bonds is 5. The number of carbonyl (C=O) groups is 2. The fraction of sp³-hybridized carbons (Fsp3) is 0.130. The van der Waals surface area contributed by atoms with Crippen molar-refractivity contribution < 1.29 is 19.1 Å². The van der Waals surface area contributed by atoms with Gasteiger partial charge in [-0.25, -0.2) is 0 Å². The van der Waals surface area contributed by atoms with Crippen LogP contribution in [-0.2, 0) is 11.3 Å². The standard InChI is InChI=1S/C23H19NO4S/c1-27-18-11-10-16(20(13-18)28-2)12-21-22(25)24(23(26)29-21)14-17-8-5-7-15-6-3-4-9-19(15)17/h3-13H,14H2,1-2H3/b21-12+. The zero-order chi connectivity index (χ0) is 20.4. The minimum atomic E-state index is -0.300. The van der Waals surface area contributed by atoms with Crippen LogP contribution in [0.1, 0.15) is 11.1 Å². The lowest BCUT2D eigenvalue weighted by Crippen LogP contribution is -2.27. The van der Waals surface area contributed by atoms with E-state index in [4.69, 9.17) is 9.47 Å². The molecule has 4 rings (SSSR count). The van der Waals surface area contributed by atoms with Crippen LogP contribution < -0.4 is 9.47 Å². The van der Waals surface area contributed by atoms with Crippen molar-refractivity contribution in [3.63, 3.8) is 0 Å². The Hall–Kier alpha value is -3.25. The summed E-state index contributed by atoms with van der Waals surface area (Å²) in [6.45, 7) is 0.239. The molecule has 1 saturated heterocycles. The largest absolute Gasteiger partial charge is 0.497 e. The number of hydrogen-bond donors (Lipinski definition) is 0. The molecule has 29 heavy (non-hydrogen) atoms. The monoisotopic (exact) mass is 405 g/mol. The number of ether oxygens (including phenoxy) is 2. The van der Waals surface area contributed by atoms with Gasteiger partial charge in [-0.3, -0.25) is 14.5 Å². The molecule has 146 valence electrons. The predicted molar refractivity (Wildman–Crippen MR) is 115 cm³/mol. The fourth-order valence-electron chi connectivity index (χ4n) is 3.32. The third-order valence-electron chi connectivity index (χ3n) is 4.81. The van der Waals surface area contributed by atoms with E-state index in [1.165, 1.54) is 4.90 Å². The van der Waals surface area contributed by atoms with Gasteiger partial charge >= 0.3 is 0 Å². The number of fused-ring (bicyclic) bond motifs is 1. The summed E-state index contributed by atoms with van der Waals surface area (Å²) in [4.78, 5) is 27.2. The minimum absolute atomic E-state index is 0.239. The van der Waals surface area contributed by atoms with E-state index in [1.807, 2.05) is 42.5 Å².